The number of aryl methyl sites for hydroxylation is 1. The summed E-state index contributed by atoms with van der Waals surface area (Å²) in [5.74, 6) is 1.75. The van der Waals surface area contributed by atoms with Crippen molar-refractivity contribution in [2.45, 2.75) is 53.4 Å². The van der Waals surface area contributed by atoms with Gasteiger partial charge >= 0.3 is 0 Å². The van der Waals surface area contributed by atoms with Crippen LogP contribution < -0.4 is 5.32 Å². The van der Waals surface area contributed by atoms with Crippen LogP contribution in [0.2, 0.25) is 0 Å². The van der Waals surface area contributed by atoms with E-state index in [0.717, 1.165) is 22.9 Å². The van der Waals surface area contributed by atoms with Crippen LogP contribution in [0.4, 0.5) is 5.69 Å². The molecule has 1 fully saturated rings. The van der Waals surface area contributed by atoms with Crippen LogP contribution in [-0.2, 0) is 0 Å². The average Bonchev–Trinajstić information content (AvgIpc) is 2.35. The monoisotopic (exact) mass is 337 g/mol. The lowest BCUT2D eigenvalue weighted by Crippen LogP contribution is -2.28. The molecule has 1 nitrogen and oxygen atoms in total. The number of nitrogens with one attached hydrogen (secondary N) is 1. The highest BCUT2D eigenvalue weighted by Gasteiger charge is 2.29. The van der Waals surface area contributed by atoms with Crippen LogP contribution in [0.3, 0.4) is 0 Å². The molecule has 1 aromatic rings. The van der Waals surface area contributed by atoms with E-state index < -0.39 is 0 Å². The summed E-state index contributed by atoms with van der Waals surface area (Å²) in [4.78, 5) is 0. The Balaban J connectivity index is 1.81. The van der Waals surface area contributed by atoms with Crippen molar-refractivity contribution in [3.63, 3.8) is 0 Å². The lowest BCUT2D eigenvalue weighted by Gasteiger charge is -2.37. The molecule has 112 valence electrons. The molecule has 0 radical (unpaired) electrons. The Labute approximate surface area is 132 Å². The first-order valence-electron chi connectivity index (χ1n) is 7.85. The Morgan fingerprint density at radius 2 is 1.75 bits per heavy atom. The van der Waals surface area contributed by atoms with Crippen molar-refractivity contribution >= 4 is 21.6 Å². The molecule has 1 aliphatic rings. The topological polar surface area (TPSA) is 12.0 Å². The fourth-order valence-corrected chi connectivity index (χ4v) is 3.94. The molecule has 1 saturated carbocycles. The third-order valence-corrected chi connectivity index (χ3v) is 5.17. The van der Waals surface area contributed by atoms with Crippen molar-refractivity contribution in [2.75, 3.05) is 11.9 Å². The zero-order chi connectivity index (χ0) is 14.8. The SMILES string of the molecule is Cc1cc(Br)cc(NCC2CCC(C(C)(C)C)CC2)c1. The van der Waals surface area contributed by atoms with Gasteiger partial charge in [-0.05, 0) is 73.6 Å². The molecule has 1 N–H and O–H groups in total. The second-order valence-electron chi connectivity index (χ2n) is 7.48. The van der Waals surface area contributed by atoms with Crippen molar-refractivity contribution in [2.24, 2.45) is 17.3 Å². The van der Waals surface area contributed by atoms with Crippen LogP contribution >= 0.6 is 15.9 Å². The van der Waals surface area contributed by atoms with Gasteiger partial charge in [0.2, 0.25) is 0 Å². The van der Waals surface area contributed by atoms with E-state index in [4.69, 9.17) is 0 Å². The van der Waals surface area contributed by atoms with Gasteiger partial charge in [-0.1, -0.05) is 36.7 Å². The molecule has 2 heteroatoms. The van der Waals surface area contributed by atoms with Crippen LogP contribution in [0, 0.1) is 24.2 Å². The van der Waals surface area contributed by atoms with E-state index in [9.17, 15) is 0 Å². The number of halogens is 1. The molecule has 0 atom stereocenters. The lowest BCUT2D eigenvalue weighted by molar-refractivity contribution is 0.153. The Hall–Kier alpha value is -0.500. The van der Waals surface area contributed by atoms with Gasteiger partial charge in [-0.15, -0.1) is 0 Å². The number of anilines is 1. The minimum atomic E-state index is 0.486. The van der Waals surface area contributed by atoms with E-state index in [1.54, 1.807) is 0 Å². The van der Waals surface area contributed by atoms with Gasteiger partial charge in [0.15, 0.2) is 0 Å². The summed E-state index contributed by atoms with van der Waals surface area (Å²) >= 11 is 3.57. The van der Waals surface area contributed by atoms with Gasteiger partial charge in [-0.3, -0.25) is 0 Å². The summed E-state index contributed by atoms with van der Waals surface area (Å²) in [7, 11) is 0. The first kappa shape index (κ1) is 15.9. The third-order valence-electron chi connectivity index (χ3n) is 4.71. The summed E-state index contributed by atoms with van der Waals surface area (Å²) in [6.45, 7) is 10.4. The maximum Gasteiger partial charge on any atom is 0.0354 e. The van der Waals surface area contributed by atoms with Crippen LogP contribution in [0.5, 0.6) is 0 Å². The largest absolute Gasteiger partial charge is 0.385 e. The Morgan fingerprint density at radius 3 is 2.30 bits per heavy atom. The normalized spacial score (nSPS) is 23.6. The van der Waals surface area contributed by atoms with Gasteiger partial charge in [0.05, 0.1) is 0 Å². The Morgan fingerprint density at radius 1 is 1.10 bits per heavy atom. The summed E-state index contributed by atoms with van der Waals surface area (Å²) in [5.41, 5.74) is 3.04. The highest BCUT2D eigenvalue weighted by molar-refractivity contribution is 9.10. The molecule has 0 aliphatic heterocycles. The number of hydrogen-bond donors (Lipinski definition) is 1. The summed E-state index contributed by atoms with van der Waals surface area (Å²) < 4.78 is 1.16. The minimum Gasteiger partial charge on any atom is -0.385 e. The maximum absolute atomic E-state index is 3.62. The zero-order valence-corrected chi connectivity index (χ0v) is 14.9. The van der Waals surface area contributed by atoms with E-state index in [1.807, 2.05) is 0 Å². The van der Waals surface area contributed by atoms with Gasteiger partial charge in [0, 0.05) is 16.7 Å². The Kier molecular flexibility index (Phi) is 5.17. The molecular weight excluding hydrogens is 310 g/mol. The van der Waals surface area contributed by atoms with Crippen molar-refractivity contribution in [1.29, 1.82) is 0 Å². The van der Waals surface area contributed by atoms with E-state index >= 15 is 0 Å². The van der Waals surface area contributed by atoms with E-state index in [-0.39, 0.29) is 0 Å². The van der Waals surface area contributed by atoms with E-state index in [0.29, 0.717) is 5.41 Å². The van der Waals surface area contributed by atoms with E-state index in [2.05, 4.69) is 67.1 Å². The molecule has 0 bridgehead atoms. The molecule has 0 heterocycles. The molecule has 1 aliphatic carbocycles. The van der Waals surface area contributed by atoms with Crippen molar-refractivity contribution in [3.05, 3.63) is 28.2 Å². The highest BCUT2D eigenvalue weighted by atomic mass is 79.9. The average molecular weight is 338 g/mol. The molecule has 0 spiro atoms. The first-order valence-corrected chi connectivity index (χ1v) is 8.65. The second kappa shape index (κ2) is 6.51. The van der Waals surface area contributed by atoms with Gasteiger partial charge in [-0.25, -0.2) is 0 Å². The zero-order valence-electron chi connectivity index (χ0n) is 13.3. The predicted molar refractivity (Wildman–Crippen MR) is 92.3 cm³/mol. The van der Waals surface area contributed by atoms with Gasteiger partial charge in [0.1, 0.15) is 0 Å². The predicted octanol–water partition coefficient (Wildman–Crippen LogP) is 6.02. The standard InChI is InChI=1S/C18H28BrN/c1-13-9-16(19)11-17(10-13)20-12-14-5-7-15(8-6-14)18(2,3)4/h9-11,14-15,20H,5-8,12H2,1-4H3. The van der Waals surface area contributed by atoms with Crippen molar-refractivity contribution in [3.8, 4) is 0 Å². The minimum absolute atomic E-state index is 0.486. The first-order chi connectivity index (χ1) is 9.34. The van der Waals surface area contributed by atoms with Crippen LogP contribution in [-0.4, -0.2) is 6.54 Å². The fraction of sp³-hybridized carbons (Fsp3) is 0.667. The highest BCUT2D eigenvalue weighted by Crippen LogP contribution is 2.39. The Bertz CT molecular complexity index is 419. The number of rotatable bonds is 3. The van der Waals surface area contributed by atoms with Crippen molar-refractivity contribution in [1.82, 2.24) is 0 Å². The van der Waals surface area contributed by atoms with Gasteiger partial charge in [-0.2, -0.15) is 0 Å². The summed E-state index contributed by atoms with van der Waals surface area (Å²) in [6.07, 6.45) is 5.55. The van der Waals surface area contributed by atoms with Crippen molar-refractivity contribution < 1.29 is 0 Å². The van der Waals surface area contributed by atoms with Crippen LogP contribution in [0.25, 0.3) is 0 Å². The molecule has 2 rings (SSSR count). The van der Waals surface area contributed by atoms with Gasteiger partial charge < -0.3 is 5.32 Å². The molecule has 0 saturated heterocycles. The van der Waals surface area contributed by atoms with Crippen LogP contribution in [0.1, 0.15) is 52.0 Å². The lowest BCUT2D eigenvalue weighted by atomic mass is 9.70. The smallest absolute Gasteiger partial charge is 0.0354 e. The van der Waals surface area contributed by atoms with Crippen LogP contribution in [0.15, 0.2) is 22.7 Å². The number of benzene rings is 1. The summed E-state index contributed by atoms with van der Waals surface area (Å²) in [5, 5.41) is 3.62. The molecule has 0 amide bonds. The third kappa shape index (κ3) is 4.51. The fourth-order valence-electron chi connectivity index (χ4n) is 3.33. The molecular formula is C18H28BrN. The molecule has 0 aromatic heterocycles. The summed E-state index contributed by atoms with van der Waals surface area (Å²) in [6, 6.07) is 6.55. The number of hydrogen-bond acceptors (Lipinski definition) is 1. The maximum atomic E-state index is 3.62. The van der Waals surface area contributed by atoms with E-state index in [1.165, 1.54) is 36.9 Å². The quantitative estimate of drug-likeness (QED) is 0.710. The molecule has 20 heavy (non-hydrogen) atoms. The van der Waals surface area contributed by atoms with Gasteiger partial charge in [0.25, 0.3) is 0 Å². The second-order valence-corrected chi connectivity index (χ2v) is 8.40. The molecule has 1 aromatic carbocycles. The molecule has 0 unspecified atom stereocenters.